The normalized spacial score (nSPS) is 14.9. The molecule has 0 bridgehead atoms. The molecular formula is C14H29N. The maximum absolute atomic E-state index is 3.98. The quantitative estimate of drug-likeness (QED) is 0.565. The van der Waals surface area contributed by atoms with Crippen LogP contribution in [-0.2, 0) is 0 Å². The molecule has 0 aliphatic carbocycles. The van der Waals surface area contributed by atoms with Crippen LogP contribution in [-0.4, -0.2) is 13.1 Å². The molecule has 2 atom stereocenters. The lowest BCUT2D eigenvalue weighted by atomic mass is 9.88. The van der Waals surface area contributed by atoms with E-state index in [1.54, 1.807) is 0 Å². The maximum Gasteiger partial charge on any atom is 0.00952 e. The molecule has 0 heterocycles. The minimum Gasteiger partial charge on any atom is -0.317 e. The van der Waals surface area contributed by atoms with Crippen molar-refractivity contribution < 1.29 is 0 Å². The summed E-state index contributed by atoms with van der Waals surface area (Å²) in [6, 6.07) is 0.679. The smallest absolute Gasteiger partial charge is 0.00952 e. The molecule has 0 saturated carbocycles. The van der Waals surface area contributed by atoms with Crippen LogP contribution in [0.1, 0.15) is 59.3 Å². The summed E-state index contributed by atoms with van der Waals surface area (Å²) < 4.78 is 0. The first kappa shape index (κ1) is 14.7. The van der Waals surface area contributed by atoms with Crippen LogP contribution in [0.4, 0.5) is 0 Å². The summed E-state index contributed by atoms with van der Waals surface area (Å²) in [7, 11) is 2.09. The molecular weight excluding hydrogens is 182 g/mol. The van der Waals surface area contributed by atoms with E-state index in [2.05, 4.69) is 39.7 Å². The summed E-state index contributed by atoms with van der Waals surface area (Å²) in [5.41, 5.74) is 1.31. The Morgan fingerprint density at radius 2 is 1.93 bits per heavy atom. The van der Waals surface area contributed by atoms with E-state index in [1.807, 2.05) is 0 Å². The van der Waals surface area contributed by atoms with Crippen molar-refractivity contribution in [2.24, 2.45) is 5.92 Å². The molecule has 0 aromatic rings. The Morgan fingerprint density at radius 1 is 1.27 bits per heavy atom. The van der Waals surface area contributed by atoms with Crippen LogP contribution >= 0.6 is 0 Å². The molecule has 1 heteroatoms. The Kier molecular flexibility index (Phi) is 8.79. The topological polar surface area (TPSA) is 12.0 Å². The summed E-state index contributed by atoms with van der Waals surface area (Å²) in [6.07, 6.45) is 7.75. The van der Waals surface area contributed by atoms with Gasteiger partial charge in [0.15, 0.2) is 0 Å². The Balaban J connectivity index is 4.01. The van der Waals surface area contributed by atoms with Crippen LogP contribution in [0.2, 0.25) is 0 Å². The van der Waals surface area contributed by atoms with Gasteiger partial charge < -0.3 is 5.32 Å². The van der Waals surface area contributed by atoms with Gasteiger partial charge in [0.05, 0.1) is 0 Å². The summed E-state index contributed by atoms with van der Waals surface area (Å²) >= 11 is 0. The molecule has 0 aromatic carbocycles. The Bertz CT molecular complexity index is 163. The predicted molar refractivity (Wildman–Crippen MR) is 70.2 cm³/mol. The lowest BCUT2D eigenvalue weighted by Crippen LogP contribution is -2.33. The van der Waals surface area contributed by atoms with Crippen molar-refractivity contribution in [3.8, 4) is 0 Å². The van der Waals surface area contributed by atoms with Crippen LogP contribution in [0.25, 0.3) is 0 Å². The van der Waals surface area contributed by atoms with E-state index in [9.17, 15) is 0 Å². The van der Waals surface area contributed by atoms with Crippen LogP contribution in [0, 0.1) is 5.92 Å². The molecule has 0 spiro atoms. The average molecular weight is 211 g/mol. The lowest BCUT2D eigenvalue weighted by Gasteiger charge is -2.26. The summed E-state index contributed by atoms with van der Waals surface area (Å²) in [5.74, 6) is 0.842. The number of nitrogens with one attached hydrogen (secondary N) is 1. The van der Waals surface area contributed by atoms with Gasteiger partial charge in [-0.15, -0.1) is 6.58 Å². The van der Waals surface area contributed by atoms with Crippen LogP contribution < -0.4 is 5.32 Å². The highest BCUT2D eigenvalue weighted by molar-refractivity contribution is 4.90. The minimum absolute atomic E-state index is 0.679. The fourth-order valence-corrected chi connectivity index (χ4v) is 2.17. The molecule has 15 heavy (non-hydrogen) atoms. The third-order valence-electron chi connectivity index (χ3n) is 3.27. The largest absolute Gasteiger partial charge is 0.317 e. The highest BCUT2D eigenvalue weighted by Gasteiger charge is 2.17. The molecule has 0 saturated heterocycles. The number of rotatable bonds is 9. The molecule has 2 unspecified atom stereocenters. The Morgan fingerprint density at radius 3 is 2.33 bits per heavy atom. The van der Waals surface area contributed by atoms with Gasteiger partial charge in [0.25, 0.3) is 0 Å². The van der Waals surface area contributed by atoms with Crippen LogP contribution in [0.5, 0.6) is 0 Å². The first-order valence-electron chi connectivity index (χ1n) is 6.47. The van der Waals surface area contributed by atoms with Gasteiger partial charge in [0.1, 0.15) is 0 Å². The molecule has 0 radical (unpaired) electrons. The highest BCUT2D eigenvalue weighted by Crippen LogP contribution is 2.21. The Labute approximate surface area is 96.3 Å². The monoisotopic (exact) mass is 211 g/mol. The van der Waals surface area contributed by atoms with Gasteiger partial charge in [-0.05, 0) is 39.2 Å². The number of allylic oxidation sites excluding steroid dienone is 1. The van der Waals surface area contributed by atoms with Crippen molar-refractivity contribution in [3.05, 3.63) is 12.2 Å². The van der Waals surface area contributed by atoms with Crippen molar-refractivity contribution in [1.82, 2.24) is 5.32 Å². The molecule has 90 valence electrons. The van der Waals surface area contributed by atoms with Gasteiger partial charge in [-0.3, -0.25) is 0 Å². The van der Waals surface area contributed by atoms with E-state index in [0.717, 1.165) is 12.3 Å². The van der Waals surface area contributed by atoms with Crippen molar-refractivity contribution in [1.29, 1.82) is 0 Å². The van der Waals surface area contributed by atoms with E-state index in [0.29, 0.717) is 6.04 Å². The van der Waals surface area contributed by atoms with E-state index in [4.69, 9.17) is 0 Å². The zero-order valence-electron chi connectivity index (χ0n) is 11.1. The van der Waals surface area contributed by atoms with Gasteiger partial charge in [-0.25, -0.2) is 0 Å². The molecule has 0 rings (SSSR count). The SMILES string of the molecule is C=C(C)CCC(NC)C(CC)CCCC. The fourth-order valence-electron chi connectivity index (χ4n) is 2.17. The molecule has 0 aromatic heterocycles. The standard InChI is InChI=1S/C14H29N/c1-6-8-9-13(7-2)14(15-5)11-10-12(3)4/h13-15H,3,6-11H2,1-2,4-5H3. The summed E-state index contributed by atoms with van der Waals surface area (Å²) in [6.45, 7) is 10.7. The second-order valence-electron chi connectivity index (χ2n) is 4.70. The molecule has 1 nitrogen and oxygen atoms in total. The van der Waals surface area contributed by atoms with Gasteiger partial charge in [0.2, 0.25) is 0 Å². The van der Waals surface area contributed by atoms with Gasteiger partial charge in [0, 0.05) is 6.04 Å². The molecule has 0 aliphatic rings. The number of hydrogen-bond acceptors (Lipinski definition) is 1. The van der Waals surface area contributed by atoms with Crippen molar-refractivity contribution in [2.75, 3.05) is 7.05 Å². The first-order chi connectivity index (χ1) is 7.15. The van der Waals surface area contributed by atoms with Crippen LogP contribution in [0.15, 0.2) is 12.2 Å². The highest BCUT2D eigenvalue weighted by atomic mass is 14.9. The van der Waals surface area contributed by atoms with Crippen molar-refractivity contribution in [3.63, 3.8) is 0 Å². The lowest BCUT2D eigenvalue weighted by molar-refractivity contribution is 0.317. The van der Waals surface area contributed by atoms with E-state index in [1.165, 1.54) is 37.7 Å². The third kappa shape index (κ3) is 6.72. The van der Waals surface area contributed by atoms with Crippen molar-refractivity contribution >= 4 is 0 Å². The second-order valence-corrected chi connectivity index (χ2v) is 4.70. The van der Waals surface area contributed by atoms with Gasteiger partial charge in [-0.1, -0.05) is 38.7 Å². The fraction of sp³-hybridized carbons (Fsp3) is 0.857. The van der Waals surface area contributed by atoms with Gasteiger partial charge >= 0.3 is 0 Å². The van der Waals surface area contributed by atoms with E-state index < -0.39 is 0 Å². The predicted octanol–water partition coefficient (Wildman–Crippen LogP) is 4.15. The molecule has 0 aliphatic heterocycles. The first-order valence-corrected chi connectivity index (χ1v) is 6.47. The van der Waals surface area contributed by atoms with E-state index >= 15 is 0 Å². The number of hydrogen-bond donors (Lipinski definition) is 1. The van der Waals surface area contributed by atoms with E-state index in [-0.39, 0.29) is 0 Å². The van der Waals surface area contributed by atoms with Crippen LogP contribution in [0.3, 0.4) is 0 Å². The van der Waals surface area contributed by atoms with Crippen molar-refractivity contribution in [2.45, 2.75) is 65.3 Å². The number of unbranched alkanes of at least 4 members (excludes halogenated alkanes) is 1. The molecule has 0 amide bonds. The zero-order chi connectivity index (χ0) is 11.7. The minimum atomic E-state index is 0.679. The Hall–Kier alpha value is -0.300. The summed E-state index contributed by atoms with van der Waals surface area (Å²) in [4.78, 5) is 0. The average Bonchev–Trinajstić information content (AvgIpc) is 2.22. The molecule has 1 N–H and O–H groups in total. The third-order valence-corrected chi connectivity index (χ3v) is 3.27. The maximum atomic E-state index is 3.98. The second kappa shape index (κ2) is 8.96. The zero-order valence-corrected chi connectivity index (χ0v) is 11.1. The summed E-state index contributed by atoms with van der Waals surface area (Å²) in [5, 5.41) is 3.48. The molecule has 0 fully saturated rings. The van der Waals surface area contributed by atoms with Gasteiger partial charge in [-0.2, -0.15) is 0 Å².